The van der Waals surface area contributed by atoms with Gasteiger partial charge in [-0.3, -0.25) is 4.79 Å². The lowest BCUT2D eigenvalue weighted by atomic mass is 10.0. The molecule has 26 heavy (non-hydrogen) atoms. The standard InChI is InChI=1S/C18H21FN6O/c19-11-2-1-3-12(8-11)23-16-13(15(20)26)9-22-17(25-16)24-14(10-4-5-10)18(21)6-7-18/h1-3,8-10,14H,4-7,21H2,(H2,20,26)(H2,22,23,24,25). The highest BCUT2D eigenvalue weighted by atomic mass is 19.1. The normalized spacial score (nSPS) is 18.8. The highest BCUT2D eigenvalue weighted by Crippen LogP contribution is 2.47. The number of rotatable bonds is 7. The summed E-state index contributed by atoms with van der Waals surface area (Å²) in [6, 6.07) is 6.00. The summed E-state index contributed by atoms with van der Waals surface area (Å²) in [7, 11) is 0. The molecule has 1 heterocycles. The fourth-order valence-corrected chi connectivity index (χ4v) is 3.18. The van der Waals surface area contributed by atoms with Gasteiger partial charge in [-0.2, -0.15) is 4.98 Å². The van der Waals surface area contributed by atoms with Gasteiger partial charge in [0.2, 0.25) is 5.95 Å². The molecule has 1 unspecified atom stereocenters. The molecule has 0 spiro atoms. The van der Waals surface area contributed by atoms with Gasteiger partial charge in [-0.25, -0.2) is 9.37 Å². The van der Waals surface area contributed by atoms with E-state index in [1.807, 2.05) is 0 Å². The summed E-state index contributed by atoms with van der Waals surface area (Å²) in [6.45, 7) is 0. The zero-order valence-corrected chi connectivity index (χ0v) is 14.2. The molecule has 2 saturated carbocycles. The number of benzene rings is 1. The Morgan fingerprint density at radius 2 is 2.12 bits per heavy atom. The van der Waals surface area contributed by atoms with Crippen LogP contribution < -0.4 is 22.1 Å². The van der Waals surface area contributed by atoms with E-state index in [-0.39, 0.29) is 23.0 Å². The number of primary amides is 1. The summed E-state index contributed by atoms with van der Waals surface area (Å²) in [5.74, 6) is 0.0865. The van der Waals surface area contributed by atoms with Crippen LogP contribution >= 0.6 is 0 Å². The van der Waals surface area contributed by atoms with E-state index in [1.54, 1.807) is 12.1 Å². The van der Waals surface area contributed by atoms with Crippen molar-refractivity contribution in [2.75, 3.05) is 10.6 Å². The topological polar surface area (TPSA) is 119 Å². The molecule has 4 rings (SSSR count). The Kier molecular flexibility index (Phi) is 3.99. The molecule has 2 fully saturated rings. The molecule has 0 bridgehead atoms. The average molecular weight is 356 g/mol. The molecule has 2 aliphatic carbocycles. The third-order valence-electron chi connectivity index (χ3n) is 4.97. The van der Waals surface area contributed by atoms with Crippen molar-refractivity contribution in [3.8, 4) is 0 Å². The van der Waals surface area contributed by atoms with Gasteiger partial charge in [0.1, 0.15) is 17.2 Å². The summed E-state index contributed by atoms with van der Waals surface area (Å²) in [5, 5.41) is 6.28. The van der Waals surface area contributed by atoms with E-state index in [9.17, 15) is 9.18 Å². The van der Waals surface area contributed by atoms with Crippen LogP contribution in [0.5, 0.6) is 0 Å². The number of hydrogen-bond acceptors (Lipinski definition) is 6. The van der Waals surface area contributed by atoms with Gasteiger partial charge in [-0.05, 0) is 49.8 Å². The van der Waals surface area contributed by atoms with Crippen LogP contribution in [-0.2, 0) is 0 Å². The minimum Gasteiger partial charge on any atom is -0.365 e. The van der Waals surface area contributed by atoms with E-state index in [4.69, 9.17) is 11.5 Å². The van der Waals surface area contributed by atoms with Crippen molar-refractivity contribution in [2.24, 2.45) is 17.4 Å². The van der Waals surface area contributed by atoms with Crippen LogP contribution in [0.2, 0.25) is 0 Å². The van der Waals surface area contributed by atoms with Gasteiger partial charge in [-0.15, -0.1) is 0 Å². The van der Waals surface area contributed by atoms with E-state index in [0.29, 0.717) is 17.6 Å². The maximum absolute atomic E-state index is 13.4. The summed E-state index contributed by atoms with van der Waals surface area (Å²) in [4.78, 5) is 20.3. The average Bonchev–Trinajstić information content (AvgIpc) is 3.50. The number of halogens is 1. The van der Waals surface area contributed by atoms with E-state index in [1.165, 1.54) is 18.3 Å². The molecule has 1 aromatic heterocycles. The van der Waals surface area contributed by atoms with Crippen LogP contribution in [0.4, 0.5) is 21.8 Å². The van der Waals surface area contributed by atoms with E-state index >= 15 is 0 Å². The first kappa shape index (κ1) is 16.7. The summed E-state index contributed by atoms with van der Waals surface area (Å²) in [5.41, 5.74) is 12.2. The van der Waals surface area contributed by atoms with Crippen LogP contribution in [-0.4, -0.2) is 27.5 Å². The molecule has 7 nitrogen and oxygen atoms in total. The number of nitrogens with two attached hydrogens (primary N) is 2. The highest BCUT2D eigenvalue weighted by molar-refractivity contribution is 5.98. The Balaban J connectivity index is 1.61. The van der Waals surface area contributed by atoms with Gasteiger partial charge in [0.05, 0.1) is 0 Å². The minimum atomic E-state index is -0.660. The number of aromatic nitrogens is 2. The number of anilines is 3. The predicted octanol–water partition coefficient (Wildman–Crippen LogP) is 2.14. The van der Waals surface area contributed by atoms with Crippen molar-refractivity contribution in [3.05, 3.63) is 41.8 Å². The lowest BCUT2D eigenvalue weighted by molar-refractivity contribution is 0.100. The predicted molar refractivity (Wildman–Crippen MR) is 96.5 cm³/mol. The Bertz CT molecular complexity index is 849. The molecule has 2 aliphatic rings. The maximum atomic E-state index is 13.4. The number of hydrogen-bond donors (Lipinski definition) is 4. The molecular weight excluding hydrogens is 335 g/mol. The molecule has 1 aromatic carbocycles. The van der Waals surface area contributed by atoms with Crippen LogP contribution in [0, 0.1) is 11.7 Å². The molecule has 2 aromatic rings. The van der Waals surface area contributed by atoms with Gasteiger partial charge in [0.25, 0.3) is 5.91 Å². The second kappa shape index (κ2) is 6.21. The first-order valence-corrected chi connectivity index (χ1v) is 8.69. The Morgan fingerprint density at radius 1 is 1.35 bits per heavy atom. The van der Waals surface area contributed by atoms with Crippen LogP contribution in [0.15, 0.2) is 30.5 Å². The van der Waals surface area contributed by atoms with Gasteiger partial charge in [0, 0.05) is 23.5 Å². The van der Waals surface area contributed by atoms with Crippen molar-refractivity contribution < 1.29 is 9.18 Å². The first-order valence-electron chi connectivity index (χ1n) is 8.69. The third-order valence-corrected chi connectivity index (χ3v) is 4.97. The van der Waals surface area contributed by atoms with Crippen molar-refractivity contribution in [2.45, 2.75) is 37.3 Å². The monoisotopic (exact) mass is 356 g/mol. The number of nitrogens with one attached hydrogen (secondary N) is 2. The van der Waals surface area contributed by atoms with Crippen LogP contribution in [0.25, 0.3) is 0 Å². The Labute approximate surface area is 150 Å². The summed E-state index contributed by atoms with van der Waals surface area (Å²) >= 11 is 0. The van der Waals surface area contributed by atoms with Crippen LogP contribution in [0.1, 0.15) is 36.0 Å². The fraction of sp³-hybridized carbons (Fsp3) is 0.389. The molecule has 0 radical (unpaired) electrons. The maximum Gasteiger partial charge on any atom is 0.254 e. The molecule has 1 amide bonds. The first-order chi connectivity index (χ1) is 12.4. The molecule has 6 N–H and O–H groups in total. The summed E-state index contributed by atoms with van der Waals surface area (Å²) < 4.78 is 13.4. The van der Waals surface area contributed by atoms with Gasteiger partial charge in [0.15, 0.2) is 0 Å². The second-order valence-corrected chi connectivity index (χ2v) is 7.15. The Hall–Kier alpha value is -2.74. The molecule has 136 valence electrons. The number of carbonyl (C=O) groups is 1. The van der Waals surface area contributed by atoms with E-state index in [0.717, 1.165) is 25.7 Å². The molecular formula is C18H21FN6O. The van der Waals surface area contributed by atoms with Crippen molar-refractivity contribution in [1.82, 2.24) is 9.97 Å². The highest BCUT2D eigenvalue weighted by Gasteiger charge is 2.52. The Morgan fingerprint density at radius 3 is 2.73 bits per heavy atom. The molecule has 0 saturated heterocycles. The van der Waals surface area contributed by atoms with Crippen molar-refractivity contribution in [3.63, 3.8) is 0 Å². The van der Waals surface area contributed by atoms with Gasteiger partial charge in [-0.1, -0.05) is 6.07 Å². The third kappa shape index (κ3) is 3.45. The fourth-order valence-electron chi connectivity index (χ4n) is 3.18. The molecule has 1 atom stereocenters. The summed E-state index contributed by atoms with van der Waals surface area (Å²) in [6.07, 6.45) is 5.62. The van der Waals surface area contributed by atoms with E-state index < -0.39 is 11.7 Å². The number of nitrogens with zero attached hydrogens (tertiary/aromatic N) is 2. The molecule has 8 heteroatoms. The second-order valence-electron chi connectivity index (χ2n) is 7.15. The zero-order chi connectivity index (χ0) is 18.3. The zero-order valence-electron chi connectivity index (χ0n) is 14.2. The minimum absolute atomic E-state index is 0.115. The molecule has 0 aliphatic heterocycles. The SMILES string of the molecule is NC(=O)c1cnc(NC(C2CC2)C2(N)CC2)nc1Nc1cccc(F)c1. The van der Waals surface area contributed by atoms with Crippen molar-refractivity contribution in [1.29, 1.82) is 0 Å². The number of carbonyl (C=O) groups excluding carboxylic acids is 1. The van der Waals surface area contributed by atoms with Gasteiger partial charge < -0.3 is 22.1 Å². The largest absolute Gasteiger partial charge is 0.365 e. The van der Waals surface area contributed by atoms with Crippen molar-refractivity contribution >= 4 is 23.4 Å². The van der Waals surface area contributed by atoms with E-state index in [2.05, 4.69) is 20.6 Å². The quantitative estimate of drug-likeness (QED) is 0.603. The smallest absolute Gasteiger partial charge is 0.254 e. The van der Waals surface area contributed by atoms with Crippen LogP contribution in [0.3, 0.4) is 0 Å². The van der Waals surface area contributed by atoms with Gasteiger partial charge >= 0.3 is 0 Å². The lowest BCUT2D eigenvalue weighted by Gasteiger charge is -2.25. The number of amides is 1. The lowest BCUT2D eigenvalue weighted by Crippen LogP contribution is -2.44.